The molecule has 5 nitrogen and oxygen atoms in total. The highest BCUT2D eigenvalue weighted by Crippen LogP contribution is 2.36. The molecule has 3 N–H and O–H groups in total. The summed E-state index contributed by atoms with van der Waals surface area (Å²) in [4.78, 5) is 23.7. The third-order valence-corrected chi connectivity index (χ3v) is 8.98. The Morgan fingerprint density at radius 3 is 2.38 bits per heavy atom. The Hall–Kier alpha value is -1.73. The Kier molecular flexibility index (Phi) is 6.68. The first-order valence-electron chi connectivity index (χ1n) is 7.94. The Labute approximate surface area is 143 Å². The van der Waals surface area contributed by atoms with Crippen LogP contribution in [0.25, 0.3) is 0 Å². The average molecular weight is 354 g/mol. The summed E-state index contributed by atoms with van der Waals surface area (Å²) < 4.78 is 19.6. The van der Waals surface area contributed by atoms with E-state index < -0.39 is 32.0 Å². The topological polar surface area (TPSA) is 81.4 Å². The quantitative estimate of drug-likeness (QED) is 0.739. The van der Waals surface area contributed by atoms with Gasteiger partial charge in [0, 0.05) is 6.61 Å². The van der Waals surface area contributed by atoms with Crippen LogP contribution >= 0.6 is 0 Å². The largest absolute Gasteiger partial charge is 0.417 e. The molecule has 0 unspecified atom stereocenters. The van der Waals surface area contributed by atoms with E-state index in [9.17, 15) is 14.0 Å². The van der Waals surface area contributed by atoms with Gasteiger partial charge in [0.15, 0.2) is 8.32 Å². The van der Waals surface area contributed by atoms with Crippen molar-refractivity contribution in [3.05, 3.63) is 35.6 Å². The first-order chi connectivity index (χ1) is 11.0. The number of halogens is 1. The first-order valence-corrected chi connectivity index (χ1v) is 10.8. The van der Waals surface area contributed by atoms with Gasteiger partial charge >= 0.3 is 0 Å². The minimum Gasteiger partial charge on any atom is -0.417 e. The van der Waals surface area contributed by atoms with Crippen molar-refractivity contribution in [2.24, 2.45) is 5.73 Å². The molecule has 0 aliphatic carbocycles. The van der Waals surface area contributed by atoms with Crippen LogP contribution in [0.5, 0.6) is 0 Å². The third kappa shape index (κ3) is 5.42. The van der Waals surface area contributed by atoms with Gasteiger partial charge in [0.2, 0.25) is 5.91 Å². The van der Waals surface area contributed by atoms with E-state index in [1.54, 1.807) is 6.07 Å². The molecular formula is C17H27FN2O3Si. The fourth-order valence-corrected chi connectivity index (χ4v) is 2.88. The van der Waals surface area contributed by atoms with Crippen LogP contribution in [0.4, 0.5) is 4.39 Å². The maximum Gasteiger partial charge on any atom is 0.254 e. The molecule has 0 aromatic heterocycles. The highest BCUT2D eigenvalue weighted by Gasteiger charge is 2.37. The molecule has 0 aliphatic heterocycles. The molecule has 1 aromatic carbocycles. The summed E-state index contributed by atoms with van der Waals surface area (Å²) in [6.45, 7) is 10.9. The second-order valence-corrected chi connectivity index (χ2v) is 12.1. The zero-order valence-electron chi connectivity index (χ0n) is 15.0. The molecule has 0 saturated heterocycles. The van der Waals surface area contributed by atoms with Crippen LogP contribution in [0.3, 0.4) is 0 Å². The van der Waals surface area contributed by atoms with Crippen molar-refractivity contribution in [3.63, 3.8) is 0 Å². The summed E-state index contributed by atoms with van der Waals surface area (Å²) in [5.74, 6) is -1.97. The Bertz CT molecular complexity index is 600. The van der Waals surface area contributed by atoms with Crippen LogP contribution in [0.15, 0.2) is 24.3 Å². The molecule has 0 saturated carbocycles. The fourth-order valence-electron chi connectivity index (χ4n) is 1.82. The normalized spacial score (nSPS) is 13.4. The number of hydrogen-bond donors (Lipinski definition) is 2. The SMILES string of the molecule is CC(C)(C)[Si](C)(C)OCC[C@H](NC(=O)c1ccccc1F)C(N)=O. The van der Waals surface area contributed by atoms with Gasteiger partial charge in [-0.2, -0.15) is 0 Å². The lowest BCUT2D eigenvalue weighted by molar-refractivity contribution is -0.120. The number of nitrogens with two attached hydrogens (primary N) is 1. The molecular weight excluding hydrogens is 327 g/mol. The minimum atomic E-state index is -1.94. The lowest BCUT2D eigenvalue weighted by Crippen LogP contribution is -2.47. The number of amides is 2. The number of rotatable bonds is 7. The highest BCUT2D eigenvalue weighted by atomic mass is 28.4. The van der Waals surface area contributed by atoms with E-state index in [0.717, 1.165) is 0 Å². The van der Waals surface area contributed by atoms with E-state index in [1.165, 1.54) is 18.2 Å². The van der Waals surface area contributed by atoms with Crippen LogP contribution in [-0.2, 0) is 9.22 Å². The molecule has 0 aliphatic rings. The zero-order chi connectivity index (χ0) is 18.5. The Morgan fingerprint density at radius 2 is 1.88 bits per heavy atom. The van der Waals surface area contributed by atoms with E-state index >= 15 is 0 Å². The van der Waals surface area contributed by atoms with Gasteiger partial charge in [0.1, 0.15) is 11.9 Å². The number of benzene rings is 1. The summed E-state index contributed by atoms with van der Waals surface area (Å²) in [6, 6.07) is 4.69. The molecule has 1 aromatic rings. The highest BCUT2D eigenvalue weighted by molar-refractivity contribution is 6.74. The van der Waals surface area contributed by atoms with Crippen molar-refractivity contribution in [1.82, 2.24) is 5.32 Å². The van der Waals surface area contributed by atoms with Crippen molar-refractivity contribution in [3.8, 4) is 0 Å². The number of carbonyl (C=O) groups is 2. The van der Waals surface area contributed by atoms with Crippen molar-refractivity contribution in [2.75, 3.05) is 6.61 Å². The van der Waals surface area contributed by atoms with Crippen molar-refractivity contribution in [2.45, 2.75) is 51.4 Å². The second-order valence-electron chi connectivity index (χ2n) is 7.31. The molecule has 0 spiro atoms. The minimum absolute atomic E-state index is 0.0473. The number of nitrogens with one attached hydrogen (secondary N) is 1. The van der Waals surface area contributed by atoms with E-state index in [0.29, 0.717) is 6.61 Å². The summed E-state index contributed by atoms with van der Waals surface area (Å²) in [5, 5.41) is 2.53. The molecule has 2 amide bonds. The van der Waals surface area contributed by atoms with Crippen LogP contribution in [-0.4, -0.2) is 32.8 Å². The predicted molar refractivity (Wildman–Crippen MR) is 94.6 cm³/mol. The smallest absolute Gasteiger partial charge is 0.254 e. The van der Waals surface area contributed by atoms with E-state index in [1.807, 2.05) is 0 Å². The maximum absolute atomic E-state index is 13.6. The van der Waals surface area contributed by atoms with Gasteiger partial charge in [-0.25, -0.2) is 4.39 Å². The van der Waals surface area contributed by atoms with Gasteiger partial charge < -0.3 is 15.5 Å². The van der Waals surface area contributed by atoms with E-state index in [4.69, 9.17) is 10.2 Å². The van der Waals surface area contributed by atoms with Gasteiger partial charge in [-0.3, -0.25) is 9.59 Å². The van der Waals surface area contributed by atoms with Gasteiger partial charge in [0.05, 0.1) is 5.56 Å². The van der Waals surface area contributed by atoms with Gasteiger partial charge in [0.25, 0.3) is 5.91 Å². The number of hydrogen-bond acceptors (Lipinski definition) is 3. The van der Waals surface area contributed by atoms with Crippen LogP contribution < -0.4 is 11.1 Å². The van der Waals surface area contributed by atoms with E-state index in [2.05, 4.69) is 39.2 Å². The van der Waals surface area contributed by atoms with Crippen molar-refractivity contribution < 1.29 is 18.4 Å². The van der Waals surface area contributed by atoms with Crippen molar-refractivity contribution in [1.29, 1.82) is 0 Å². The molecule has 134 valence electrons. The summed E-state index contributed by atoms with van der Waals surface area (Å²) in [7, 11) is -1.94. The monoisotopic (exact) mass is 354 g/mol. The molecule has 0 radical (unpaired) electrons. The van der Waals surface area contributed by atoms with Gasteiger partial charge in [-0.15, -0.1) is 0 Å². The zero-order valence-corrected chi connectivity index (χ0v) is 16.0. The summed E-state index contributed by atoms with van der Waals surface area (Å²) >= 11 is 0. The van der Waals surface area contributed by atoms with Gasteiger partial charge in [-0.1, -0.05) is 32.9 Å². The molecule has 1 rings (SSSR count). The maximum atomic E-state index is 13.6. The average Bonchev–Trinajstić information content (AvgIpc) is 2.45. The Balaban J connectivity index is 2.68. The molecule has 7 heteroatoms. The van der Waals surface area contributed by atoms with Crippen LogP contribution in [0.1, 0.15) is 37.6 Å². The van der Waals surface area contributed by atoms with E-state index in [-0.39, 0.29) is 17.0 Å². The molecule has 1 atom stereocenters. The third-order valence-electron chi connectivity index (χ3n) is 4.44. The standard InChI is InChI=1S/C17H27FN2O3Si/c1-17(2,3)24(4,5)23-11-10-14(15(19)21)20-16(22)12-8-6-7-9-13(12)18/h6-9,14H,10-11H2,1-5H3,(H2,19,21)(H,20,22)/t14-/m0/s1. The number of carbonyl (C=O) groups excluding carboxylic acids is 2. The molecule has 24 heavy (non-hydrogen) atoms. The van der Waals surface area contributed by atoms with Gasteiger partial charge in [-0.05, 0) is 36.7 Å². The van der Waals surface area contributed by atoms with Crippen molar-refractivity contribution >= 4 is 20.1 Å². The number of primary amides is 1. The van der Waals surface area contributed by atoms with Crippen LogP contribution in [0, 0.1) is 5.82 Å². The first kappa shape index (κ1) is 20.3. The lowest BCUT2D eigenvalue weighted by atomic mass is 10.1. The predicted octanol–water partition coefficient (Wildman–Crippen LogP) is 2.82. The van der Waals surface area contributed by atoms with Crippen LogP contribution in [0.2, 0.25) is 18.1 Å². The molecule has 0 fully saturated rings. The Morgan fingerprint density at radius 1 is 1.29 bits per heavy atom. The molecule has 0 bridgehead atoms. The molecule has 0 heterocycles. The second kappa shape index (κ2) is 7.89. The fraction of sp³-hybridized carbons (Fsp3) is 0.529. The summed E-state index contributed by atoms with van der Waals surface area (Å²) in [5.41, 5.74) is 5.23. The lowest BCUT2D eigenvalue weighted by Gasteiger charge is -2.36. The summed E-state index contributed by atoms with van der Waals surface area (Å²) in [6.07, 6.45) is 0.252.